The third kappa shape index (κ3) is 22.0. The van der Waals surface area contributed by atoms with E-state index in [1.165, 1.54) is 12.1 Å². The molecule has 0 aromatic heterocycles. The van der Waals surface area contributed by atoms with Gasteiger partial charge in [0, 0.05) is 27.6 Å². The van der Waals surface area contributed by atoms with Crippen LogP contribution in [0, 0.1) is 71.0 Å². The summed E-state index contributed by atoms with van der Waals surface area (Å²) in [6, 6.07) is 7.26. The quantitative estimate of drug-likeness (QED) is 0.0418. The maximum atomic E-state index is 13.3. The van der Waals surface area contributed by atoms with Crippen molar-refractivity contribution in [2.24, 2.45) is 86.2 Å². The third-order valence-corrected chi connectivity index (χ3v) is 18.8. The number of para-hydroxylation sites is 1. The molecule has 5 aliphatic heterocycles. The van der Waals surface area contributed by atoms with E-state index in [2.05, 4.69) is 136 Å². The lowest BCUT2D eigenvalue weighted by Crippen LogP contribution is -2.52. The Kier molecular flexibility index (Phi) is 35.5. The van der Waals surface area contributed by atoms with Crippen molar-refractivity contribution >= 4 is 39.3 Å². The summed E-state index contributed by atoms with van der Waals surface area (Å²) >= 11 is 0. The lowest BCUT2D eigenvalue weighted by atomic mass is 9.78. The highest BCUT2D eigenvalue weighted by Gasteiger charge is 2.47. The summed E-state index contributed by atoms with van der Waals surface area (Å²) in [5.41, 5.74) is 17.3. The van der Waals surface area contributed by atoms with Gasteiger partial charge in [-0.25, -0.2) is 4.99 Å². The van der Waals surface area contributed by atoms with Crippen LogP contribution in [0.25, 0.3) is 20.9 Å². The number of nitrogens with zero attached hydrogens (tertiary/aromatic N) is 7. The van der Waals surface area contributed by atoms with E-state index in [-0.39, 0.29) is 77.9 Å². The first-order valence-electron chi connectivity index (χ1n) is 29.8. The van der Waals surface area contributed by atoms with E-state index in [1.54, 1.807) is 18.2 Å². The topological polar surface area (TPSA) is 233 Å². The Morgan fingerprint density at radius 1 is 0.488 bits per heavy atom. The van der Waals surface area contributed by atoms with E-state index in [4.69, 9.17) is 53.7 Å². The summed E-state index contributed by atoms with van der Waals surface area (Å²) in [4.78, 5) is 9.30. The molecule has 1 aromatic carbocycles. The molecule has 0 amide bonds. The van der Waals surface area contributed by atoms with Crippen molar-refractivity contribution < 1.29 is 66.0 Å². The van der Waals surface area contributed by atoms with E-state index >= 15 is 0 Å². The summed E-state index contributed by atoms with van der Waals surface area (Å²) in [6.07, 6.45) is -1.39. The molecule has 2 N–H and O–H groups in total. The van der Waals surface area contributed by atoms with Crippen molar-refractivity contribution in [3.63, 3.8) is 0 Å². The van der Waals surface area contributed by atoms with Crippen molar-refractivity contribution in [3.05, 3.63) is 51.2 Å². The summed E-state index contributed by atoms with van der Waals surface area (Å²) in [6.45, 7) is 35.6. The molecule has 5 heterocycles. The minimum atomic E-state index is -4.67. The average Bonchev–Trinajstić information content (AvgIpc) is 3.51. The van der Waals surface area contributed by atoms with Gasteiger partial charge in [-0.05, 0) is 109 Å². The number of aliphatic hydroxyl groups excluding tert-OH is 2. The number of hydrogen-bond donors (Lipinski definition) is 2. The predicted octanol–water partition coefficient (Wildman–Crippen LogP) is 14.8. The second-order valence-corrected chi connectivity index (χ2v) is 23.8. The second-order valence-electron chi connectivity index (χ2n) is 22.8. The fourth-order valence-corrected chi connectivity index (χ4v) is 11.9. The lowest BCUT2D eigenvalue weighted by Gasteiger charge is -2.43. The van der Waals surface area contributed by atoms with Crippen LogP contribution in [0.3, 0.4) is 0 Å². The molecule has 0 aliphatic carbocycles. The lowest BCUT2D eigenvalue weighted by molar-refractivity contribution is -0.240. The van der Waals surface area contributed by atoms with Gasteiger partial charge in [-0.1, -0.05) is 146 Å². The smallest absolute Gasteiger partial charge is 0.444 e. The number of aliphatic hydroxyl groups is 2. The Hall–Kier alpha value is -2.01. The molecule has 14 unspecified atom stereocenters. The van der Waals surface area contributed by atoms with Gasteiger partial charge in [0.25, 0.3) is 5.90 Å². The molecule has 18 nitrogen and oxygen atoms in total. The minimum Gasteiger partial charge on any atom is -0.444 e. The Balaban J connectivity index is 0.000000358. The maximum Gasteiger partial charge on any atom is 0.468 e. The number of alkyl halides is 3. The van der Waals surface area contributed by atoms with Crippen molar-refractivity contribution in [1.29, 1.82) is 0 Å². The van der Waals surface area contributed by atoms with Gasteiger partial charge < -0.3 is 52.8 Å². The Morgan fingerprint density at radius 3 is 1.26 bits per heavy atom. The van der Waals surface area contributed by atoms with E-state index in [0.29, 0.717) is 67.1 Å². The van der Waals surface area contributed by atoms with Gasteiger partial charge in [0.15, 0.2) is 25.2 Å². The summed E-state index contributed by atoms with van der Waals surface area (Å²) in [5, 5.41) is 26.9. The maximum absolute atomic E-state index is 13.3. The summed E-state index contributed by atoms with van der Waals surface area (Å²) < 4.78 is 90.2. The first-order chi connectivity index (χ1) is 38.7. The van der Waals surface area contributed by atoms with Crippen LogP contribution in [0.15, 0.2) is 45.6 Å². The van der Waals surface area contributed by atoms with E-state index in [9.17, 15) is 23.4 Å². The first kappa shape index (κ1) is 76.1. The largest absolute Gasteiger partial charge is 0.468 e. The van der Waals surface area contributed by atoms with E-state index in [0.717, 1.165) is 25.7 Å². The van der Waals surface area contributed by atoms with Crippen LogP contribution in [-0.4, -0.2) is 121 Å². The number of halogens is 3. The molecule has 0 radical (unpaired) electrons. The fourth-order valence-electron chi connectivity index (χ4n) is 11.3. The van der Waals surface area contributed by atoms with Crippen molar-refractivity contribution in [1.82, 2.24) is 0 Å². The zero-order chi connectivity index (χ0) is 62.2. The molecular formula is C58H105F3N7O11P3. The molecule has 28 atom stereocenters. The van der Waals surface area contributed by atoms with Crippen LogP contribution in [0.4, 0.5) is 18.9 Å². The Bertz CT molecular complexity index is 1990. The highest BCUT2D eigenvalue weighted by atomic mass is 31.0. The van der Waals surface area contributed by atoms with Gasteiger partial charge in [0.1, 0.15) is 0 Å². The monoisotopic (exact) mass is 1230 g/mol. The number of azide groups is 2. The van der Waals surface area contributed by atoms with Gasteiger partial charge in [0.05, 0.1) is 73.4 Å². The summed E-state index contributed by atoms with van der Waals surface area (Å²) in [5.74, 6) is 2.72. The molecule has 1 aromatic rings. The SMILES string of the molecule is CCC1OC(OC(=Nc2ccccc2)C(F)(F)F)C(C)[C@@H](C)[C@@H]1C.CCC1O[C@H](O)C(C)[C@@H](C)[C@@H]1C.CCC1O[C@H](OCP)C(C)[C@@H](C)[C@@H]1C.CCC1O[C@H](OCP)C(N=[N+]=[N-])[C@@H](C)[C@@H]1C.CCC1O[C@H](OCP)C(N=[N+]=[N-])[C@@H](C)[C@@H]1O. The molecule has 0 spiro atoms. The molecule has 5 fully saturated rings. The number of ether oxygens (including phenoxy) is 9. The predicted molar refractivity (Wildman–Crippen MR) is 326 cm³/mol. The zero-order valence-corrected chi connectivity index (χ0v) is 55.5. The minimum absolute atomic E-state index is 0.0105. The fraction of sp³-hybridized carbons (Fsp3) is 0.879. The van der Waals surface area contributed by atoms with Crippen LogP contribution < -0.4 is 0 Å². The second kappa shape index (κ2) is 38.3. The van der Waals surface area contributed by atoms with Gasteiger partial charge in [-0.2, -0.15) is 13.2 Å². The van der Waals surface area contributed by atoms with Gasteiger partial charge in [-0.15, -0.1) is 27.7 Å². The van der Waals surface area contributed by atoms with Gasteiger partial charge in [0.2, 0.25) is 6.29 Å². The van der Waals surface area contributed by atoms with Crippen molar-refractivity contribution in [2.45, 2.75) is 236 Å². The Labute approximate surface area is 496 Å². The number of aliphatic imine (C=N–C) groups is 1. The standard InChI is InChI=1S/C18H24F3NO2.C11H23O2P.C10H20N3O2P.C10H20O2.C9H18N3O3P/c1-5-15-12(3)11(2)13(4)16(23-15)24-17(18(19,20)21)22-14-9-7-6-8-10-14;1-5-10-8(3)7(2)9(4)11(13-10)12-6-14;1-4-8-6(2)7(3)9(12-13-11)10(15-8)14-5-16;1-5-9-7(3)6(2)8(4)10(11)12-9;1-3-6-8(13)5(2)7(11-12-10)9(15-6)14-4-16/h6-13,15-16H,5H2,1-4H3;7-11H,5-6,14H2,1-4H3;6-10H,4-5,16H2,1-3H3;6-11H,5H2,1-4H3;5-9,13H,3-4,16H2,1-2H3/t11-,12-,13?,15?,16?;7-,8-,9?,10?,11-;2*6-,7-,8?,9?,10-;5-,6?,7?,8+,9+/m00001/s1. The van der Waals surface area contributed by atoms with Crippen LogP contribution in [-0.2, 0) is 42.6 Å². The van der Waals surface area contributed by atoms with Gasteiger partial charge >= 0.3 is 6.18 Å². The molecule has 5 saturated heterocycles. The van der Waals surface area contributed by atoms with Crippen LogP contribution >= 0.6 is 27.7 Å². The first-order valence-corrected chi connectivity index (χ1v) is 32.2. The number of benzene rings is 1. The molecule has 5 aliphatic rings. The zero-order valence-electron chi connectivity index (χ0n) is 52.0. The number of hydrogen-bond acceptors (Lipinski definition) is 14. The van der Waals surface area contributed by atoms with E-state index in [1.807, 2.05) is 34.6 Å². The van der Waals surface area contributed by atoms with E-state index < -0.39 is 49.4 Å². The molecule has 24 heteroatoms. The van der Waals surface area contributed by atoms with Gasteiger partial charge in [-0.3, -0.25) is 0 Å². The Morgan fingerprint density at radius 2 is 0.841 bits per heavy atom. The molecule has 0 bridgehead atoms. The molecule has 82 heavy (non-hydrogen) atoms. The highest BCUT2D eigenvalue weighted by molar-refractivity contribution is 7.16. The van der Waals surface area contributed by atoms with Crippen LogP contribution in [0.1, 0.15) is 150 Å². The molecule has 474 valence electrons. The average molecular weight is 1230 g/mol. The summed E-state index contributed by atoms with van der Waals surface area (Å²) in [7, 11) is 7.50. The molecular weight excluding hydrogens is 1120 g/mol. The third-order valence-electron chi connectivity index (χ3n) is 18.2. The van der Waals surface area contributed by atoms with Crippen molar-refractivity contribution in [2.75, 3.05) is 19.0 Å². The number of rotatable bonds is 15. The van der Waals surface area contributed by atoms with Crippen LogP contribution in [0.5, 0.6) is 0 Å². The molecule has 6 rings (SSSR count). The van der Waals surface area contributed by atoms with Crippen LogP contribution in [0.2, 0.25) is 0 Å². The molecule has 0 saturated carbocycles. The van der Waals surface area contributed by atoms with Crippen molar-refractivity contribution in [3.8, 4) is 0 Å². The normalized spacial score (nSPS) is 39.3. The highest BCUT2D eigenvalue weighted by Crippen LogP contribution is 2.40.